The minimum absolute atomic E-state index is 0. The zero-order valence-corrected chi connectivity index (χ0v) is 17.5. The van der Waals surface area contributed by atoms with Crippen molar-refractivity contribution in [3.05, 3.63) is 16.1 Å². The predicted molar refractivity (Wildman–Crippen MR) is 106 cm³/mol. The molecule has 0 aliphatic carbocycles. The second kappa shape index (κ2) is 10.5. The Bertz CT molecular complexity index is 550. The maximum atomic E-state index is 12.5. The number of thiazole rings is 1. The van der Waals surface area contributed by atoms with Crippen LogP contribution >= 0.6 is 35.3 Å². The number of nitrogens with one attached hydrogen (secondary N) is 2. The van der Waals surface area contributed by atoms with Gasteiger partial charge in [-0.25, -0.2) is 4.98 Å². The van der Waals surface area contributed by atoms with Crippen LogP contribution in [0.5, 0.6) is 0 Å². The largest absolute Gasteiger partial charge is 0.434 e. The molecule has 1 saturated heterocycles. The normalized spacial score (nSPS) is 18.9. The highest BCUT2D eigenvalue weighted by molar-refractivity contribution is 14.0. The summed E-state index contributed by atoms with van der Waals surface area (Å²) in [6.45, 7) is 6.57. The molecule has 1 atom stereocenters. The average molecular weight is 491 g/mol. The van der Waals surface area contributed by atoms with E-state index in [2.05, 4.69) is 32.4 Å². The van der Waals surface area contributed by atoms with Crippen LogP contribution in [0.3, 0.4) is 0 Å². The van der Waals surface area contributed by atoms with Crippen molar-refractivity contribution in [2.45, 2.75) is 32.5 Å². The van der Waals surface area contributed by atoms with Gasteiger partial charge in [-0.3, -0.25) is 4.99 Å². The molecule has 1 aromatic heterocycles. The van der Waals surface area contributed by atoms with Gasteiger partial charge in [-0.05, 0) is 31.8 Å². The first-order chi connectivity index (χ1) is 11.4. The Balaban J connectivity index is 0.00000312. The Morgan fingerprint density at radius 3 is 2.80 bits per heavy atom. The Hall–Kier alpha value is -0.620. The summed E-state index contributed by atoms with van der Waals surface area (Å²) in [5.74, 6) is 1.17. The SMILES string of the molecule is CCCN1CCC(CNC(=NC)NCc2nc(C(F)(F)F)cs2)C1.I. The molecule has 25 heavy (non-hydrogen) atoms. The van der Waals surface area contributed by atoms with E-state index >= 15 is 0 Å². The van der Waals surface area contributed by atoms with Crippen LogP contribution < -0.4 is 10.6 Å². The second-order valence-electron chi connectivity index (χ2n) is 5.89. The molecule has 0 saturated carbocycles. The Morgan fingerprint density at radius 1 is 1.44 bits per heavy atom. The summed E-state index contributed by atoms with van der Waals surface area (Å²) in [5.41, 5.74) is -0.839. The van der Waals surface area contributed by atoms with Crippen LogP contribution in [0.4, 0.5) is 13.2 Å². The summed E-state index contributed by atoms with van der Waals surface area (Å²) in [6, 6.07) is 0. The number of halogens is 4. The van der Waals surface area contributed by atoms with Gasteiger partial charge >= 0.3 is 6.18 Å². The van der Waals surface area contributed by atoms with Gasteiger partial charge in [0.05, 0.1) is 6.54 Å². The molecular formula is C15H25F3IN5S. The molecule has 1 aromatic rings. The number of likely N-dealkylation sites (tertiary alicyclic amines) is 1. The van der Waals surface area contributed by atoms with Crippen molar-refractivity contribution in [3.8, 4) is 0 Å². The number of aromatic nitrogens is 1. The average Bonchev–Trinajstić information content (AvgIpc) is 3.17. The number of nitrogens with zero attached hydrogens (tertiary/aromatic N) is 3. The fraction of sp³-hybridized carbons (Fsp3) is 0.733. The molecule has 0 bridgehead atoms. The molecule has 1 fully saturated rings. The molecular weight excluding hydrogens is 466 g/mol. The van der Waals surface area contributed by atoms with Gasteiger partial charge in [0.15, 0.2) is 11.7 Å². The van der Waals surface area contributed by atoms with E-state index in [1.807, 2.05) is 0 Å². The molecule has 2 rings (SSSR count). The van der Waals surface area contributed by atoms with Crippen molar-refractivity contribution in [1.29, 1.82) is 0 Å². The first-order valence-corrected chi connectivity index (χ1v) is 8.98. The lowest BCUT2D eigenvalue weighted by molar-refractivity contribution is -0.140. The summed E-state index contributed by atoms with van der Waals surface area (Å²) >= 11 is 0.995. The summed E-state index contributed by atoms with van der Waals surface area (Å²) in [4.78, 5) is 10.2. The maximum Gasteiger partial charge on any atom is 0.434 e. The predicted octanol–water partition coefficient (Wildman–Crippen LogP) is 3.18. The van der Waals surface area contributed by atoms with E-state index in [1.165, 1.54) is 0 Å². The summed E-state index contributed by atoms with van der Waals surface area (Å²) < 4.78 is 37.6. The topological polar surface area (TPSA) is 52.5 Å². The second-order valence-corrected chi connectivity index (χ2v) is 6.83. The Morgan fingerprint density at radius 2 is 2.20 bits per heavy atom. The van der Waals surface area contributed by atoms with Crippen molar-refractivity contribution < 1.29 is 13.2 Å². The zero-order chi connectivity index (χ0) is 17.6. The van der Waals surface area contributed by atoms with Gasteiger partial charge in [-0.15, -0.1) is 35.3 Å². The third-order valence-electron chi connectivity index (χ3n) is 3.94. The fourth-order valence-electron chi connectivity index (χ4n) is 2.74. The lowest BCUT2D eigenvalue weighted by Crippen LogP contribution is -2.40. The van der Waals surface area contributed by atoms with E-state index < -0.39 is 11.9 Å². The number of aliphatic imine (C=N–C) groups is 1. The molecule has 10 heteroatoms. The van der Waals surface area contributed by atoms with Crippen LogP contribution in [-0.4, -0.2) is 49.1 Å². The standard InChI is InChI=1S/C15H24F3N5S.HI/c1-3-5-23-6-4-11(9-23)7-20-14(19-2)21-8-13-22-12(10-24-13)15(16,17)18;/h10-11H,3-9H2,1-2H3,(H2,19,20,21);1H. The molecule has 2 heterocycles. The highest BCUT2D eigenvalue weighted by Gasteiger charge is 2.33. The molecule has 0 radical (unpaired) electrons. The van der Waals surface area contributed by atoms with E-state index in [4.69, 9.17) is 0 Å². The number of hydrogen-bond acceptors (Lipinski definition) is 4. The molecule has 2 N–H and O–H groups in total. The third-order valence-corrected chi connectivity index (χ3v) is 4.79. The van der Waals surface area contributed by atoms with Crippen molar-refractivity contribution in [3.63, 3.8) is 0 Å². The molecule has 5 nitrogen and oxygen atoms in total. The zero-order valence-electron chi connectivity index (χ0n) is 14.4. The maximum absolute atomic E-state index is 12.5. The minimum Gasteiger partial charge on any atom is -0.356 e. The van der Waals surface area contributed by atoms with Crippen molar-refractivity contribution in [1.82, 2.24) is 20.5 Å². The molecule has 1 aliphatic rings. The summed E-state index contributed by atoms with van der Waals surface area (Å²) in [6.07, 6.45) is -2.07. The fourth-order valence-corrected chi connectivity index (χ4v) is 3.48. The van der Waals surface area contributed by atoms with Crippen LogP contribution in [0.2, 0.25) is 0 Å². The molecule has 1 aliphatic heterocycles. The van der Waals surface area contributed by atoms with Crippen molar-refractivity contribution in [2.75, 3.05) is 33.2 Å². The van der Waals surface area contributed by atoms with Gasteiger partial charge in [0.25, 0.3) is 0 Å². The van der Waals surface area contributed by atoms with E-state index in [1.54, 1.807) is 7.05 Å². The Kier molecular flexibility index (Phi) is 9.43. The molecule has 144 valence electrons. The smallest absolute Gasteiger partial charge is 0.356 e. The van der Waals surface area contributed by atoms with Gasteiger partial charge in [0, 0.05) is 25.5 Å². The first kappa shape index (κ1) is 22.4. The highest BCUT2D eigenvalue weighted by atomic mass is 127. The summed E-state index contributed by atoms with van der Waals surface area (Å²) in [7, 11) is 1.65. The summed E-state index contributed by atoms with van der Waals surface area (Å²) in [5, 5.41) is 7.69. The number of rotatable bonds is 6. The van der Waals surface area contributed by atoms with Gasteiger partial charge < -0.3 is 15.5 Å². The van der Waals surface area contributed by atoms with Crippen molar-refractivity contribution in [2.24, 2.45) is 10.9 Å². The minimum atomic E-state index is -4.39. The van der Waals surface area contributed by atoms with E-state index in [-0.39, 0.29) is 30.5 Å². The van der Waals surface area contributed by atoms with Crippen LogP contribution in [0, 0.1) is 5.92 Å². The quantitative estimate of drug-likeness (QED) is 0.365. The number of guanidine groups is 1. The van der Waals surface area contributed by atoms with Crippen LogP contribution in [0.15, 0.2) is 10.4 Å². The van der Waals surface area contributed by atoms with E-state index in [0.717, 1.165) is 55.7 Å². The van der Waals surface area contributed by atoms with Crippen LogP contribution in [-0.2, 0) is 12.7 Å². The highest BCUT2D eigenvalue weighted by Crippen LogP contribution is 2.29. The van der Waals surface area contributed by atoms with Gasteiger partial charge in [0.2, 0.25) is 0 Å². The molecule has 1 unspecified atom stereocenters. The van der Waals surface area contributed by atoms with Gasteiger partial charge in [-0.1, -0.05) is 6.92 Å². The first-order valence-electron chi connectivity index (χ1n) is 8.10. The number of hydrogen-bond donors (Lipinski definition) is 2. The third kappa shape index (κ3) is 7.26. The molecule has 0 spiro atoms. The van der Waals surface area contributed by atoms with Crippen molar-refractivity contribution >= 4 is 41.3 Å². The van der Waals surface area contributed by atoms with Crippen LogP contribution in [0.25, 0.3) is 0 Å². The van der Waals surface area contributed by atoms with E-state index in [0.29, 0.717) is 16.9 Å². The lowest BCUT2D eigenvalue weighted by Gasteiger charge is -2.16. The molecule has 0 amide bonds. The lowest BCUT2D eigenvalue weighted by atomic mass is 10.1. The molecule has 0 aromatic carbocycles. The van der Waals surface area contributed by atoms with Gasteiger partial charge in [0.1, 0.15) is 5.01 Å². The van der Waals surface area contributed by atoms with Gasteiger partial charge in [-0.2, -0.15) is 13.2 Å². The van der Waals surface area contributed by atoms with Crippen LogP contribution in [0.1, 0.15) is 30.5 Å². The van der Waals surface area contributed by atoms with E-state index in [9.17, 15) is 13.2 Å². The monoisotopic (exact) mass is 491 g/mol. The number of alkyl halides is 3. The Labute approximate surface area is 167 Å².